The third-order valence-corrected chi connectivity index (χ3v) is 2.43. The molecule has 0 spiro atoms. The van der Waals surface area contributed by atoms with Crippen LogP contribution >= 0.6 is 0 Å². The normalized spacial score (nSPS) is 11.6. The minimum atomic E-state index is -1.21. The number of ether oxygens (including phenoxy) is 1. The van der Waals surface area contributed by atoms with Gasteiger partial charge in [-0.1, -0.05) is 12.1 Å². The number of carbonyl (C=O) groups is 2. The van der Waals surface area contributed by atoms with E-state index in [1.54, 1.807) is 12.1 Å². The van der Waals surface area contributed by atoms with Crippen LogP contribution in [0, 0.1) is 10.1 Å². The van der Waals surface area contributed by atoms with Gasteiger partial charge in [-0.05, 0) is 18.4 Å². The molecule has 0 fully saturated rings. The van der Waals surface area contributed by atoms with Crippen LogP contribution in [-0.4, -0.2) is 28.1 Å². The van der Waals surface area contributed by atoms with Gasteiger partial charge in [0.05, 0.1) is 4.92 Å². The molecule has 7 nitrogen and oxygen atoms in total. The fourth-order valence-electron chi connectivity index (χ4n) is 1.52. The second-order valence-electron chi connectivity index (χ2n) is 3.90. The maximum absolute atomic E-state index is 10.8. The first-order valence-electron chi connectivity index (χ1n) is 5.53. The van der Waals surface area contributed by atoms with Gasteiger partial charge < -0.3 is 9.84 Å². The van der Waals surface area contributed by atoms with Crippen molar-refractivity contribution in [1.29, 1.82) is 0 Å². The molecule has 0 aliphatic carbocycles. The number of esters is 1. The highest BCUT2D eigenvalue weighted by molar-refractivity contribution is 5.76. The molecular weight excluding hydrogens is 254 g/mol. The Morgan fingerprint density at radius 1 is 1.37 bits per heavy atom. The zero-order chi connectivity index (χ0) is 14.4. The molecule has 0 aromatic heterocycles. The van der Waals surface area contributed by atoms with E-state index < -0.39 is 23.0 Å². The molecule has 1 unspecified atom stereocenters. The van der Waals surface area contributed by atoms with E-state index in [0.717, 1.165) is 12.5 Å². The van der Waals surface area contributed by atoms with Gasteiger partial charge in [0.15, 0.2) is 6.10 Å². The second-order valence-corrected chi connectivity index (χ2v) is 3.90. The molecule has 7 heteroatoms. The summed E-state index contributed by atoms with van der Waals surface area (Å²) >= 11 is 0. The van der Waals surface area contributed by atoms with Crippen LogP contribution in [0.3, 0.4) is 0 Å². The van der Waals surface area contributed by atoms with E-state index >= 15 is 0 Å². The molecule has 0 heterocycles. The van der Waals surface area contributed by atoms with Crippen LogP contribution in [0.5, 0.6) is 0 Å². The Hall–Kier alpha value is -2.44. The van der Waals surface area contributed by atoms with Gasteiger partial charge in [0.2, 0.25) is 0 Å². The number of nitro benzene ring substituents is 1. The highest BCUT2D eigenvalue weighted by atomic mass is 16.6. The maximum Gasteiger partial charge on any atom is 0.345 e. The van der Waals surface area contributed by atoms with Crippen molar-refractivity contribution in [3.05, 3.63) is 39.9 Å². The Labute approximate surface area is 109 Å². The standard InChI is InChI=1S/C12H13NO6/c1-8(14)19-11(12(15)16)7-4-9-2-5-10(6-3-9)13(17)18/h2-3,5-6,11H,4,7H2,1H3,(H,15,16). The van der Waals surface area contributed by atoms with Crippen LogP contribution in [0.1, 0.15) is 18.9 Å². The molecule has 0 saturated carbocycles. The van der Waals surface area contributed by atoms with E-state index in [4.69, 9.17) is 5.11 Å². The summed E-state index contributed by atoms with van der Waals surface area (Å²) in [5.41, 5.74) is 0.711. The van der Waals surface area contributed by atoms with Gasteiger partial charge in [0.1, 0.15) is 0 Å². The lowest BCUT2D eigenvalue weighted by atomic mass is 10.1. The molecule has 0 saturated heterocycles. The van der Waals surface area contributed by atoms with Crippen molar-refractivity contribution in [2.45, 2.75) is 25.9 Å². The van der Waals surface area contributed by atoms with Crippen molar-refractivity contribution in [2.75, 3.05) is 0 Å². The van der Waals surface area contributed by atoms with E-state index in [1.807, 2.05) is 0 Å². The summed E-state index contributed by atoms with van der Waals surface area (Å²) in [5, 5.41) is 19.3. The average Bonchev–Trinajstić information content (AvgIpc) is 2.34. The Balaban J connectivity index is 2.61. The molecule has 19 heavy (non-hydrogen) atoms. The van der Waals surface area contributed by atoms with Crippen molar-refractivity contribution < 1.29 is 24.4 Å². The van der Waals surface area contributed by atoms with Gasteiger partial charge in [-0.15, -0.1) is 0 Å². The smallest absolute Gasteiger partial charge is 0.345 e. The summed E-state index contributed by atoms with van der Waals surface area (Å²) in [6.07, 6.45) is -0.734. The van der Waals surface area contributed by atoms with Crippen LogP contribution < -0.4 is 0 Å². The summed E-state index contributed by atoms with van der Waals surface area (Å²) in [6.45, 7) is 1.14. The number of carboxylic acids is 1. The number of non-ortho nitro benzene ring substituents is 1. The first-order chi connectivity index (χ1) is 8.90. The number of benzene rings is 1. The summed E-state index contributed by atoms with van der Waals surface area (Å²) in [5.74, 6) is -1.87. The van der Waals surface area contributed by atoms with Crippen molar-refractivity contribution >= 4 is 17.6 Å². The molecule has 0 aliphatic rings. The zero-order valence-corrected chi connectivity index (χ0v) is 10.2. The van der Waals surface area contributed by atoms with E-state index in [2.05, 4.69) is 4.74 Å². The molecule has 0 amide bonds. The van der Waals surface area contributed by atoms with E-state index in [-0.39, 0.29) is 12.1 Å². The summed E-state index contributed by atoms with van der Waals surface area (Å²) in [7, 11) is 0. The summed E-state index contributed by atoms with van der Waals surface area (Å²) in [4.78, 5) is 31.5. The van der Waals surface area contributed by atoms with E-state index in [0.29, 0.717) is 6.42 Å². The van der Waals surface area contributed by atoms with Gasteiger partial charge in [0.25, 0.3) is 5.69 Å². The van der Waals surface area contributed by atoms with Gasteiger partial charge in [0, 0.05) is 19.1 Å². The first-order valence-corrected chi connectivity index (χ1v) is 5.53. The van der Waals surface area contributed by atoms with Gasteiger partial charge in [-0.25, -0.2) is 4.79 Å². The monoisotopic (exact) mass is 267 g/mol. The molecule has 0 radical (unpaired) electrons. The molecule has 1 aromatic rings. The maximum atomic E-state index is 10.8. The number of carbonyl (C=O) groups excluding carboxylic acids is 1. The van der Waals surface area contributed by atoms with Gasteiger partial charge in [-0.3, -0.25) is 14.9 Å². The third kappa shape index (κ3) is 4.74. The first kappa shape index (κ1) is 14.6. The molecule has 1 aromatic carbocycles. The quantitative estimate of drug-likeness (QED) is 0.476. The number of rotatable bonds is 6. The van der Waals surface area contributed by atoms with Crippen LogP contribution in [0.25, 0.3) is 0 Å². The number of aliphatic carboxylic acids is 1. The third-order valence-electron chi connectivity index (χ3n) is 2.43. The predicted octanol–water partition coefficient (Wildman–Crippen LogP) is 1.54. The molecule has 0 bridgehead atoms. The number of hydrogen-bond acceptors (Lipinski definition) is 5. The van der Waals surface area contributed by atoms with E-state index in [1.165, 1.54) is 12.1 Å². The Morgan fingerprint density at radius 2 is 1.95 bits per heavy atom. The van der Waals surface area contributed by atoms with Crippen molar-refractivity contribution in [3.8, 4) is 0 Å². The molecule has 102 valence electrons. The second kappa shape index (κ2) is 6.48. The topological polar surface area (TPSA) is 107 Å². The van der Waals surface area contributed by atoms with Gasteiger partial charge in [-0.2, -0.15) is 0 Å². The highest BCUT2D eigenvalue weighted by Crippen LogP contribution is 2.14. The Bertz CT molecular complexity index is 481. The van der Waals surface area contributed by atoms with Crippen molar-refractivity contribution in [1.82, 2.24) is 0 Å². The molecule has 1 rings (SSSR count). The summed E-state index contributed by atoms with van der Waals surface area (Å²) < 4.78 is 4.65. The van der Waals surface area contributed by atoms with Crippen molar-refractivity contribution in [2.24, 2.45) is 0 Å². The fourth-order valence-corrected chi connectivity index (χ4v) is 1.52. The lowest BCUT2D eigenvalue weighted by molar-refractivity contribution is -0.384. The number of nitrogens with zero attached hydrogens (tertiary/aromatic N) is 1. The Morgan fingerprint density at radius 3 is 2.37 bits per heavy atom. The highest BCUT2D eigenvalue weighted by Gasteiger charge is 2.20. The zero-order valence-electron chi connectivity index (χ0n) is 10.2. The molecule has 1 atom stereocenters. The van der Waals surface area contributed by atoms with Crippen LogP contribution in [0.4, 0.5) is 5.69 Å². The minimum Gasteiger partial charge on any atom is -0.479 e. The number of carboxylic acid groups (broad SMARTS) is 1. The summed E-state index contributed by atoms with van der Waals surface area (Å²) in [6, 6.07) is 5.78. The number of hydrogen-bond donors (Lipinski definition) is 1. The van der Waals surface area contributed by atoms with Gasteiger partial charge >= 0.3 is 11.9 Å². The average molecular weight is 267 g/mol. The SMILES string of the molecule is CC(=O)OC(CCc1ccc([N+](=O)[O-])cc1)C(=O)O. The number of nitro groups is 1. The lowest BCUT2D eigenvalue weighted by Gasteiger charge is -2.12. The minimum absolute atomic E-state index is 0.0291. The largest absolute Gasteiger partial charge is 0.479 e. The van der Waals surface area contributed by atoms with Crippen molar-refractivity contribution in [3.63, 3.8) is 0 Å². The molecular formula is C12H13NO6. The molecule has 0 aliphatic heterocycles. The van der Waals surface area contributed by atoms with E-state index in [9.17, 15) is 19.7 Å². The molecule has 1 N–H and O–H groups in total. The Kier molecular flexibility index (Phi) is 4.99. The number of aryl methyl sites for hydroxylation is 1. The fraction of sp³-hybridized carbons (Fsp3) is 0.333. The van der Waals surface area contributed by atoms with Crippen LogP contribution in [0.2, 0.25) is 0 Å². The lowest BCUT2D eigenvalue weighted by Crippen LogP contribution is -2.26. The predicted molar refractivity (Wildman–Crippen MR) is 64.6 cm³/mol. The van der Waals surface area contributed by atoms with Crippen LogP contribution in [-0.2, 0) is 20.7 Å². The van der Waals surface area contributed by atoms with Crippen LogP contribution in [0.15, 0.2) is 24.3 Å².